The van der Waals surface area contributed by atoms with Gasteiger partial charge in [0.05, 0.1) is 0 Å². The molecule has 0 amide bonds. The number of H-pyrrole nitrogens is 1. The number of nitrogens with one attached hydrogen (secondary N) is 2. The van der Waals surface area contributed by atoms with E-state index in [4.69, 9.17) is 0 Å². The van der Waals surface area contributed by atoms with Gasteiger partial charge in [-0.2, -0.15) is 0 Å². The lowest BCUT2D eigenvalue weighted by Gasteiger charge is -2.32. The molecule has 1 aliphatic heterocycles. The number of hydrogen-bond acceptors (Lipinski definition) is 4. The third-order valence-corrected chi connectivity index (χ3v) is 3.40. The molecule has 2 N–H and O–H groups in total. The summed E-state index contributed by atoms with van der Waals surface area (Å²) >= 11 is 0. The largest absolute Gasteiger partial charge is 0.354 e. The van der Waals surface area contributed by atoms with Crippen LogP contribution in [0.1, 0.15) is 31.5 Å². The fourth-order valence-electron chi connectivity index (χ4n) is 2.32. The Morgan fingerprint density at radius 3 is 3.00 bits per heavy atom. The van der Waals surface area contributed by atoms with Crippen LogP contribution in [0.5, 0.6) is 0 Å². The molecule has 92 valence electrons. The van der Waals surface area contributed by atoms with Crippen molar-refractivity contribution in [2.24, 2.45) is 0 Å². The van der Waals surface area contributed by atoms with Crippen LogP contribution >= 0.6 is 0 Å². The van der Waals surface area contributed by atoms with Crippen molar-refractivity contribution in [2.45, 2.75) is 31.7 Å². The average Bonchev–Trinajstić information content (AvgIpc) is 3.12. The second-order valence-electron chi connectivity index (χ2n) is 5.06. The van der Waals surface area contributed by atoms with Gasteiger partial charge >= 0.3 is 0 Å². The van der Waals surface area contributed by atoms with Crippen LogP contribution in [0.15, 0.2) is 10.9 Å². The van der Waals surface area contributed by atoms with E-state index in [2.05, 4.69) is 27.1 Å². The number of aromatic nitrogens is 2. The molecule has 1 atom stereocenters. The minimum absolute atomic E-state index is 0.0249. The van der Waals surface area contributed by atoms with Crippen molar-refractivity contribution in [1.82, 2.24) is 15.3 Å². The quantitative estimate of drug-likeness (QED) is 0.780. The van der Waals surface area contributed by atoms with Crippen LogP contribution < -0.4 is 15.8 Å². The molecule has 1 aromatic rings. The number of rotatable bonds is 2. The van der Waals surface area contributed by atoms with Crippen molar-refractivity contribution in [2.75, 3.05) is 24.5 Å². The van der Waals surface area contributed by atoms with Crippen LogP contribution in [0, 0.1) is 0 Å². The Balaban J connectivity index is 1.88. The van der Waals surface area contributed by atoms with E-state index in [0.29, 0.717) is 12.0 Å². The van der Waals surface area contributed by atoms with Gasteiger partial charge in [0.25, 0.3) is 5.56 Å². The molecular formula is C12H18N4O. The summed E-state index contributed by atoms with van der Waals surface area (Å²) in [4.78, 5) is 21.3. The van der Waals surface area contributed by atoms with Gasteiger partial charge in [-0.25, -0.2) is 4.98 Å². The van der Waals surface area contributed by atoms with Crippen molar-refractivity contribution in [3.8, 4) is 0 Å². The van der Waals surface area contributed by atoms with E-state index in [9.17, 15) is 4.79 Å². The minimum Gasteiger partial charge on any atom is -0.354 e. The van der Waals surface area contributed by atoms with Gasteiger partial charge in [-0.1, -0.05) is 0 Å². The van der Waals surface area contributed by atoms with Crippen LogP contribution in [-0.2, 0) is 0 Å². The van der Waals surface area contributed by atoms with Gasteiger partial charge in [0, 0.05) is 37.7 Å². The van der Waals surface area contributed by atoms with Gasteiger partial charge < -0.3 is 15.2 Å². The summed E-state index contributed by atoms with van der Waals surface area (Å²) in [5.74, 6) is 2.20. The summed E-state index contributed by atoms with van der Waals surface area (Å²) in [7, 11) is 0. The first-order chi connectivity index (χ1) is 8.22. The maximum Gasteiger partial charge on any atom is 0.252 e. The lowest BCUT2D eigenvalue weighted by Crippen LogP contribution is -2.49. The smallest absolute Gasteiger partial charge is 0.252 e. The molecule has 17 heavy (non-hydrogen) atoms. The van der Waals surface area contributed by atoms with Crippen molar-refractivity contribution in [3.63, 3.8) is 0 Å². The molecule has 0 bridgehead atoms. The van der Waals surface area contributed by atoms with Crippen LogP contribution in [0.4, 0.5) is 5.82 Å². The highest BCUT2D eigenvalue weighted by atomic mass is 16.1. The van der Waals surface area contributed by atoms with Gasteiger partial charge in [0.15, 0.2) is 0 Å². The Kier molecular flexibility index (Phi) is 2.63. The summed E-state index contributed by atoms with van der Waals surface area (Å²) in [5, 5.41) is 3.39. The summed E-state index contributed by atoms with van der Waals surface area (Å²) in [6.07, 6.45) is 2.31. The maximum absolute atomic E-state index is 11.6. The molecule has 5 heteroatoms. The molecule has 0 aromatic carbocycles. The molecule has 1 saturated heterocycles. The van der Waals surface area contributed by atoms with E-state index in [1.807, 2.05) is 0 Å². The predicted molar refractivity (Wildman–Crippen MR) is 66.5 cm³/mol. The predicted octanol–water partition coefficient (Wildman–Crippen LogP) is 0.445. The lowest BCUT2D eigenvalue weighted by molar-refractivity contribution is 0.481. The van der Waals surface area contributed by atoms with Crippen LogP contribution in [-0.4, -0.2) is 35.6 Å². The topological polar surface area (TPSA) is 61.0 Å². The molecule has 1 saturated carbocycles. The Hall–Kier alpha value is -1.36. The van der Waals surface area contributed by atoms with Crippen molar-refractivity contribution >= 4 is 5.82 Å². The summed E-state index contributed by atoms with van der Waals surface area (Å²) in [5.41, 5.74) is -0.0249. The van der Waals surface area contributed by atoms with E-state index in [1.54, 1.807) is 6.07 Å². The third kappa shape index (κ3) is 2.34. The zero-order valence-electron chi connectivity index (χ0n) is 10.1. The first-order valence-corrected chi connectivity index (χ1v) is 6.32. The molecule has 3 rings (SSSR count). The van der Waals surface area contributed by atoms with Gasteiger partial charge in [0.1, 0.15) is 11.6 Å². The molecule has 2 heterocycles. The van der Waals surface area contributed by atoms with E-state index in [1.165, 1.54) is 0 Å². The van der Waals surface area contributed by atoms with Crippen molar-refractivity contribution in [3.05, 3.63) is 22.2 Å². The zero-order chi connectivity index (χ0) is 11.8. The average molecular weight is 234 g/mol. The monoisotopic (exact) mass is 234 g/mol. The number of hydrogen-bond donors (Lipinski definition) is 2. The summed E-state index contributed by atoms with van der Waals surface area (Å²) in [6, 6.07) is 2.07. The van der Waals surface area contributed by atoms with Gasteiger partial charge in [0.2, 0.25) is 0 Å². The second-order valence-corrected chi connectivity index (χ2v) is 5.06. The number of aromatic amines is 1. The van der Waals surface area contributed by atoms with E-state index in [0.717, 1.165) is 44.1 Å². The SMILES string of the molecule is CC1CN(c2cc(=O)[nH]c(C3CC3)n2)CCN1. The molecule has 1 aliphatic carbocycles. The zero-order valence-corrected chi connectivity index (χ0v) is 10.1. The molecule has 0 spiro atoms. The molecule has 1 unspecified atom stereocenters. The second kappa shape index (κ2) is 4.14. The molecule has 0 radical (unpaired) electrons. The van der Waals surface area contributed by atoms with E-state index in [-0.39, 0.29) is 5.56 Å². The summed E-state index contributed by atoms with van der Waals surface area (Å²) < 4.78 is 0. The molecule has 1 aromatic heterocycles. The van der Waals surface area contributed by atoms with E-state index >= 15 is 0 Å². The highest BCUT2D eigenvalue weighted by Crippen LogP contribution is 2.37. The first kappa shape index (κ1) is 10.8. The third-order valence-electron chi connectivity index (χ3n) is 3.40. The Labute approximate surface area is 100 Å². The number of piperazine rings is 1. The maximum atomic E-state index is 11.6. The Morgan fingerprint density at radius 2 is 2.29 bits per heavy atom. The Bertz CT molecular complexity index is 466. The summed E-state index contributed by atoms with van der Waals surface area (Å²) in [6.45, 7) is 4.95. The number of nitrogens with zero attached hydrogens (tertiary/aromatic N) is 2. The van der Waals surface area contributed by atoms with E-state index < -0.39 is 0 Å². The molecule has 2 fully saturated rings. The fraction of sp³-hybridized carbons (Fsp3) is 0.667. The highest BCUT2D eigenvalue weighted by molar-refractivity contribution is 5.39. The first-order valence-electron chi connectivity index (χ1n) is 6.32. The molecule has 5 nitrogen and oxygen atoms in total. The van der Waals surface area contributed by atoms with Crippen LogP contribution in [0.3, 0.4) is 0 Å². The van der Waals surface area contributed by atoms with Crippen molar-refractivity contribution in [1.29, 1.82) is 0 Å². The molecule has 2 aliphatic rings. The highest BCUT2D eigenvalue weighted by Gasteiger charge is 2.27. The fourth-order valence-corrected chi connectivity index (χ4v) is 2.32. The lowest BCUT2D eigenvalue weighted by atomic mass is 10.2. The van der Waals surface area contributed by atoms with Crippen LogP contribution in [0.25, 0.3) is 0 Å². The van der Waals surface area contributed by atoms with Gasteiger partial charge in [-0.05, 0) is 19.8 Å². The van der Waals surface area contributed by atoms with Crippen molar-refractivity contribution < 1.29 is 0 Å². The van der Waals surface area contributed by atoms with Gasteiger partial charge in [-0.3, -0.25) is 4.79 Å². The standard InChI is InChI=1S/C12H18N4O/c1-8-7-16(5-4-13-8)10-6-11(17)15-12(14-10)9-2-3-9/h6,8-9,13H,2-5,7H2,1H3,(H,14,15,17). The number of anilines is 1. The van der Waals surface area contributed by atoms with Gasteiger partial charge in [-0.15, -0.1) is 0 Å². The Morgan fingerprint density at radius 1 is 1.47 bits per heavy atom. The molecular weight excluding hydrogens is 216 g/mol. The minimum atomic E-state index is -0.0249. The normalized spacial score (nSPS) is 25.0. The van der Waals surface area contributed by atoms with Crippen LogP contribution in [0.2, 0.25) is 0 Å².